The Balaban J connectivity index is 2.42. The molecule has 0 aliphatic carbocycles. The third-order valence-corrected chi connectivity index (χ3v) is 3.32. The topological polar surface area (TPSA) is 72.5 Å². The van der Waals surface area contributed by atoms with E-state index < -0.39 is 11.5 Å². The van der Waals surface area contributed by atoms with Crippen LogP contribution in [0.25, 0.3) is 0 Å². The molecule has 0 aromatic heterocycles. The number of carboxylic acid groups (broad SMARTS) is 1. The second kappa shape index (κ2) is 6.27. The van der Waals surface area contributed by atoms with E-state index in [-0.39, 0.29) is 5.41 Å². The molecule has 1 aromatic rings. The van der Waals surface area contributed by atoms with Crippen molar-refractivity contribution in [1.82, 2.24) is 0 Å². The van der Waals surface area contributed by atoms with Crippen molar-refractivity contribution >= 4 is 5.97 Å². The number of nitrogens with two attached hydrogens (primary N) is 1. The second-order valence-electron chi connectivity index (χ2n) is 6.45. The minimum atomic E-state index is -1.18. The van der Waals surface area contributed by atoms with Gasteiger partial charge in [-0.3, -0.25) is 4.79 Å². The number of rotatable bonds is 6. The summed E-state index contributed by atoms with van der Waals surface area (Å²) in [5.41, 5.74) is 5.85. The average molecular weight is 279 g/mol. The molecule has 3 N–H and O–H groups in total. The summed E-state index contributed by atoms with van der Waals surface area (Å²) >= 11 is 0. The largest absolute Gasteiger partial charge is 0.494 e. The lowest BCUT2D eigenvalue weighted by Gasteiger charge is -2.20. The van der Waals surface area contributed by atoms with E-state index in [1.807, 2.05) is 12.1 Å². The molecule has 0 radical (unpaired) electrons. The Labute approximate surface area is 120 Å². The van der Waals surface area contributed by atoms with Gasteiger partial charge in [0, 0.05) is 0 Å². The highest BCUT2D eigenvalue weighted by molar-refractivity contribution is 5.77. The van der Waals surface area contributed by atoms with Crippen molar-refractivity contribution in [3.8, 4) is 5.75 Å². The lowest BCUT2D eigenvalue weighted by molar-refractivity contribution is -0.142. The van der Waals surface area contributed by atoms with Gasteiger partial charge in [-0.1, -0.05) is 32.9 Å². The van der Waals surface area contributed by atoms with Crippen LogP contribution in [0.15, 0.2) is 24.3 Å². The van der Waals surface area contributed by atoms with E-state index in [0.29, 0.717) is 19.4 Å². The summed E-state index contributed by atoms with van der Waals surface area (Å²) in [5.74, 6) is -0.181. The molecular formula is C16H25NO3. The fourth-order valence-electron chi connectivity index (χ4n) is 1.79. The summed E-state index contributed by atoms with van der Waals surface area (Å²) < 4.78 is 5.60. The maximum absolute atomic E-state index is 10.9. The Bertz CT molecular complexity index is 444. The van der Waals surface area contributed by atoms with Crippen LogP contribution in [0.4, 0.5) is 0 Å². The zero-order valence-corrected chi connectivity index (χ0v) is 12.8. The van der Waals surface area contributed by atoms with E-state index in [1.54, 1.807) is 0 Å². The molecule has 1 rings (SSSR count). The van der Waals surface area contributed by atoms with Gasteiger partial charge in [0.1, 0.15) is 11.3 Å². The van der Waals surface area contributed by atoms with E-state index in [9.17, 15) is 4.79 Å². The first-order valence-electron chi connectivity index (χ1n) is 6.88. The number of aliphatic carboxylic acids is 1. The third kappa shape index (κ3) is 4.85. The summed E-state index contributed by atoms with van der Waals surface area (Å²) in [6.07, 6.45) is 1.00. The zero-order valence-electron chi connectivity index (χ0n) is 12.8. The number of hydrogen-bond acceptors (Lipinski definition) is 3. The summed E-state index contributed by atoms with van der Waals surface area (Å²) in [5, 5.41) is 8.90. The first-order chi connectivity index (χ1) is 9.13. The maximum atomic E-state index is 10.9. The molecule has 0 aliphatic rings. The maximum Gasteiger partial charge on any atom is 0.323 e. The van der Waals surface area contributed by atoms with Crippen molar-refractivity contribution in [3.63, 3.8) is 0 Å². The number of hydrogen-bond donors (Lipinski definition) is 2. The average Bonchev–Trinajstić information content (AvgIpc) is 2.34. The highest BCUT2D eigenvalue weighted by atomic mass is 16.5. The van der Waals surface area contributed by atoms with E-state index in [1.165, 1.54) is 12.5 Å². The fraction of sp³-hybridized carbons (Fsp3) is 0.562. The van der Waals surface area contributed by atoms with Gasteiger partial charge in [-0.15, -0.1) is 0 Å². The Morgan fingerprint density at radius 2 is 1.75 bits per heavy atom. The van der Waals surface area contributed by atoms with Crippen molar-refractivity contribution in [3.05, 3.63) is 29.8 Å². The third-order valence-electron chi connectivity index (χ3n) is 3.32. The Morgan fingerprint density at radius 3 is 2.20 bits per heavy atom. The van der Waals surface area contributed by atoms with Gasteiger partial charge in [-0.05, 0) is 42.9 Å². The number of benzene rings is 1. The molecule has 0 heterocycles. The Kier molecular flexibility index (Phi) is 5.17. The van der Waals surface area contributed by atoms with Gasteiger partial charge in [0.25, 0.3) is 0 Å². The SMILES string of the molecule is CC(N)(CCCOc1ccc(C(C)(C)C)cc1)C(=O)O. The standard InChI is InChI=1S/C16H25NO3/c1-15(2,3)12-6-8-13(9-7-12)20-11-5-10-16(4,17)14(18)19/h6-9H,5,10-11,17H2,1-4H3,(H,18,19). The number of carbonyl (C=O) groups is 1. The number of ether oxygens (including phenoxy) is 1. The molecule has 4 heteroatoms. The van der Waals surface area contributed by atoms with Crippen LogP contribution in [0.2, 0.25) is 0 Å². The van der Waals surface area contributed by atoms with Gasteiger partial charge in [0.15, 0.2) is 0 Å². The first kappa shape index (κ1) is 16.5. The molecule has 0 fully saturated rings. The van der Waals surface area contributed by atoms with Crippen molar-refractivity contribution in [2.75, 3.05) is 6.61 Å². The first-order valence-corrected chi connectivity index (χ1v) is 6.88. The number of carboxylic acids is 1. The van der Waals surface area contributed by atoms with E-state index in [4.69, 9.17) is 15.6 Å². The van der Waals surface area contributed by atoms with Crippen LogP contribution in [0.3, 0.4) is 0 Å². The predicted molar refractivity (Wildman–Crippen MR) is 80.1 cm³/mol. The van der Waals surface area contributed by atoms with Gasteiger partial charge in [0.05, 0.1) is 6.61 Å². The van der Waals surface area contributed by atoms with E-state index >= 15 is 0 Å². The summed E-state index contributed by atoms with van der Waals surface area (Å²) in [6, 6.07) is 8.00. The van der Waals surface area contributed by atoms with Crippen LogP contribution >= 0.6 is 0 Å². The minimum Gasteiger partial charge on any atom is -0.494 e. The molecule has 20 heavy (non-hydrogen) atoms. The van der Waals surface area contributed by atoms with Crippen molar-refractivity contribution in [1.29, 1.82) is 0 Å². The fourth-order valence-corrected chi connectivity index (χ4v) is 1.79. The molecule has 0 saturated heterocycles. The van der Waals surface area contributed by atoms with E-state index in [2.05, 4.69) is 32.9 Å². The normalized spacial score (nSPS) is 14.7. The molecule has 1 aromatic carbocycles. The molecule has 1 unspecified atom stereocenters. The van der Waals surface area contributed by atoms with Gasteiger partial charge in [-0.25, -0.2) is 0 Å². The lowest BCUT2D eigenvalue weighted by Crippen LogP contribution is -2.44. The second-order valence-corrected chi connectivity index (χ2v) is 6.45. The van der Waals surface area contributed by atoms with Crippen LogP contribution in [-0.4, -0.2) is 23.2 Å². The van der Waals surface area contributed by atoms with E-state index in [0.717, 1.165) is 5.75 Å². The van der Waals surface area contributed by atoms with Crippen LogP contribution in [0.1, 0.15) is 46.1 Å². The van der Waals surface area contributed by atoms with Crippen LogP contribution in [0.5, 0.6) is 5.75 Å². The van der Waals surface area contributed by atoms with Crippen LogP contribution in [0, 0.1) is 0 Å². The van der Waals surface area contributed by atoms with Gasteiger partial charge < -0.3 is 15.6 Å². The minimum absolute atomic E-state index is 0.126. The molecular weight excluding hydrogens is 254 g/mol. The summed E-state index contributed by atoms with van der Waals surface area (Å²) in [6.45, 7) is 8.48. The molecule has 112 valence electrons. The Morgan fingerprint density at radius 1 is 1.20 bits per heavy atom. The quantitative estimate of drug-likeness (QED) is 0.785. The predicted octanol–water partition coefficient (Wildman–Crippen LogP) is 2.95. The molecule has 0 spiro atoms. The highest BCUT2D eigenvalue weighted by Gasteiger charge is 2.26. The van der Waals surface area contributed by atoms with Crippen molar-refractivity contribution < 1.29 is 14.6 Å². The lowest BCUT2D eigenvalue weighted by atomic mass is 9.87. The van der Waals surface area contributed by atoms with Gasteiger partial charge in [-0.2, -0.15) is 0 Å². The Hall–Kier alpha value is -1.55. The smallest absolute Gasteiger partial charge is 0.323 e. The monoisotopic (exact) mass is 279 g/mol. The van der Waals surface area contributed by atoms with Crippen LogP contribution < -0.4 is 10.5 Å². The molecule has 0 bridgehead atoms. The highest BCUT2D eigenvalue weighted by Crippen LogP contribution is 2.24. The molecule has 1 atom stereocenters. The van der Waals surface area contributed by atoms with Crippen LogP contribution in [-0.2, 0) is 10.2 Å². The van der Waals surface area contributed by atoms with Gasteiger partial charge in [0.2, 0.25) is 0 Å². The summed E-state index contributed by atoms with van der Waals surface area (Å²) in [7, 11) is 0. The summed E-state index contributed by atoms with van der Waals surface area (Å²) in [4.78, 5) is 10.9. The van der Waals surface area contributed by atoms with Crippen molar-refractivity contribution in [2.45, 2.75) is 51.5 Å². The molecule has 0 aliphatic heterocycles. The molecule has 0 saturated carbocycles. The molecule has 4 nitrogen and oxygen atoms in total. The van der Waals surface area contributed by atoms with Crippen molar-refractivity contribution in [2.24, 2.45) is 5.73 Å². The molecule has 0 amide bonds. The zero-order chi connectivity index (χ0) is 15.4. The van der Waals surface area contributed by atoms with Gasteiger partial charge >= 0.3 is 5.97 Å².